The third-order valence-electron chi connectivity index (χ3n) is 3.90. The predicted octanol–water partition coefficient (Wildman–Crippen LogP) is 1.85. The number of fused-ring (bicyclic) bond motifs is 3. The Bertz CT molecular complexity index is 1410. The van der Waals surface area contributed by atoms with Crippen LogP contribution in [-0.4, -0.2) is 35.9 Å². The summed E-state index contributed by atoms with van der Waals surface area (Å²) in [6.45, 7) is 0. The second-order valence-electron chi connectivity index (χ2n) is 5.60. The zero-order valence-corrected chi connectivity index (χ0v) is 14.8. The first-order chi connectivity index (χ1) is 12.6. The highest BCUT2D eigenvalue weighted by atomic mass is 32.2. The van der Waals surface area contributed by atoms with Crippen LogP contribution in [0.2, 0.25) is 0 Å². The molecule has 0 amide bonds. The van der Waals surface area contributed by atoms with Gasteiger partial charge in [0, 0.05) is 23.3 Å². The summed E-state index contributed by atoms with van der Waals surface area (Å²) in [4.78, 5) is 6.86. The van der Waals surface area contributed by atoms with E-state index in [9.17, 15) is 25.9 Å². The number of nitrogens with zero attached hydrogens (tertiary/aromatic N) is 2. The van der Waals surface area contributed by atoms with Crippen LogP contribution in [0.4, 0.5) is 0 Å². The van der Waals surface area contributed by atoms with E-state index >= 15 is 0 Å². The average molecular weight is 404 g/mol. The molecule has 0 spiro atoms. The van der Waals surface area contributed by atoms with Crippen molar-refractivity contribution in [2.24, 2.45) is 0 Å². The van der Waals surface area contributed by atoms with Crippen LogP contribution in [0, 0.1) is 0 Å². The van der Waals surface area contributed by atoms with Gasteiger partial charge < -0.3 is 13.5 Å². The Morgan fingerprint density at radius 2 is 1.59 bits per heavy atom. The van der Waals surface area contributed by atoms with Crippen LogP contribution in [-0.2, 0) is 20.2 Å². The highest BCUT2D eigenvalue weighted by Crippen LogP contribution is 2.35. The number of benzene rings is 2. The highest BCUT2D eigenvalue weighted by Gasteiger charge is 2.19. The van der Waals surface area contributed by atoms with Gasteiger partial charge in [0.25, 0.3) is 0 Å². The first-order valence-corrected chi connectivity index (χ1v) is 10.2. The lowest BCUT2D eigenvalue weighted by molar-refractivity contribution is 0.460. The third kappa shape index (κ3) is 3.06. The second-order valence-corrected chi connectivity index (χ2v) is 8.33. The van der Waals surface area contributed by atoms with Crippen molar-refractivity contribution in [3.8, 4) is 11.5 Å². The summed E-state index contributed by atoms with van der Waals surface area (Å²) in [6, 6.07) is 7.52. The smallest absolute Gasteiger partial charge is 0.227 e. The maximum atomic E-state index is 11.7. The molecular formula is C16H8N2O7S2-2. The van der Waals surface area contributed by atoms with E-state index in [0.717, 1.165) is 18.2 Å². The molecule has 27 heavy (non-hydrogen) atoms. The zero-order valence-electron chi connectivity index (χ0n) is 13.2. The molecule has 0 saturated carbocycles. The van der Waals surface area contributed by atoms with Crippen molar-refractivity contribution in [2.75, 3.05) is 0 Å². The molecular weight excluding hydrogens is 396 g/mol. The van der Waals surface area contributed by atoms with E-state index in [1.165, 1.54) is 18.5 Å². The Kier molecular flexibility index (Phi) is 3.78. The predicted molar refractivity (Wildman–Crippen MR) is 90.7 cm³/mol. The molecule has 0 aliphatic heterocycles. The normalized spacial score (nSPS) is 12.7. The van der Waals surface area contributed by atoms with Gasteiger partial charge in [0.1, 0.15) is 25.8 Å². The molecule has 0 saturated heterocycles. The monoisotopic (exact) mass is 404 g/mol. The van der Waals surface area contributed by atoms with E-state index in [-0.39, 0.29) is 22.4 Å². The van der Waals surface area contributed by atoms with E-state index in [2.05, 4.69) is 9.97 Å². The first kappa shape index (κ1) is 17.5. The molecule has 0 fully saturated rings. The van der Waals surface area contributed by atoms with Crippen molar-refractivity contribution in [1.29, 1.82) is 0 Å². The Morgan fingerprint density at radius 3 is 2.22 bits per heavy atom. The quantitative estimate of drug-likeness (QED) is 0.465. The largest absolute Gasteiger partial charge is 0.744 e. The van der Waals surface area contributed by atoms with Gasteiger partial charge in [-0.3, -0.25) is 4.98 Å². The lowest BCUT2D eigenvalue weighted by Crippen LogP contribution is -2.01. The number of aromatic nitrogens is 2. The van der Waals surface area contributed by atoms with Gasteiger partial charge in [0.05, 0.1) is 9.79 Å². The van der Waals surface area contributed by atoms with Crippen LogP contribution in [0.25, 0.3) is 33.3 Å². The van der Waals surface area contributed by atoms with E-state index < -0.39 is 30.0 Å². The molecule has 4 rings (SSSR count). The number of pyridine rings is 1. The average Bonchev–Trinajstić information content (AvgIpc) is 3.05. The van der Waals surface area contributed by atoms with Gasteiger partial charge in [-0.2, -0.15) is 0 Å². The van der Waals surface area contributed by atoms with Gasteiger partial charge in [0.2, 0.25) is 5.89 Å². The maximum absolute atomic E-state index is 11.7. The van der Waals surface area contributed by atoms with Gasteiger partial charge in [-0.05, 0) is 35.7 Å². The zero-order chi connectivity index (χ0) is 19.4. The van der Waals surface area contributed by atoms with Crippen molar-refractivity contribution in [3.63, 3.8) is 0 Å². The van der Waals surface area contributed by atoms with E-state index in [1.54, 1.807) is 12.1 Å². The van der Waals surface area contributed by atoms with Crippen LogP contribution in [0.15, 0.2) is 63.0 Å². The van der Waals surface area contributed by atoms with E-state index in [4.69, 9.17) is 4.42 Å². The number of rotatable bonds is 3. The molecule has 0 aliphatic carbocycles. The minimum Gasteiger partial charge on any atom is -0.744 e. The Hall–Kier alpha value is -2.86. The Morgan fingerprint density at radius 1 is 0.889 bits per heavy atom. The lowest BCUT2D eigenvalue weighted by Gasteiger charge is -2.11. The number of hydrogen-bond donors (Lipinski definition) is 0. The van der Waals surface area contributed by atoms with Crippen molar-refractivity contribution < 1.29 is 30.4 Å². The lowest BCUT2D eigenvalue weighted by atomic mass is 10.1. The molecule has 0 atom stereocenters. The molecule has 11 heteroatoms. The van der Waals surface area contributed by atoms with Gasteiger partial charge in [-0.15, -0.1) is 0 Å². The van der Waals surface area contributed by atoms with Crippen molar-refractivity contribution in [1.82, 2.24) is 9.97 Å². The summed E-state index contributed by atoms with van der Waals surface area (Å²) in [5.74, 6) is 0.0605. The summed E-state index contributed by atoms with van der Waals surface area (Å²) in [6.07, 6.45) is 2.97. The molecule has 0 bridgehead atoms. The molecule has 2 heterocycles. The molecule has 0 N–H and O–H groups in total. The van der Waals surface area contributed by atoms with Crippen molar-refractivity contribution in [3.05, 3.63) is 48.8 Å². The van der Waals surface area contributed by atoms with E-state index in [1.807, 2.05) is 0 Å². The summed E-state index contributed by atoms with van der Waals surface area (Å²) in [7, 11) is -9.72. The molecule has 138 valence electrons. The summed E-state index contributed by atoms with van der Waals surface area (Å²) < 4.78 is 74.3. The second kappa shape index (κ2) is 5.82. The SMILES string of the molecule is O=S(=O)([O-])c1ccc2c(c1)cc(S(=O)(=O)[O-])c1oc(-c3ccncc3)nc12. The summed E-state index contributed by atoms with van der Waals surface area (Å²) >= 11 is 0. The van der Waals surface area contributed by atoms with Crippen LogP contribution in [0.5, 0.6) is 0 Å². The van der Waals surface area contributed by atoms with E-state index in [0.29, 0.717) is 10.9 Å². The Labute approximate surface area is 152 Å². The molecule has 0 aliphatic rings. The summed E-state index contributed by atoms with van der Waals surface area (Å²) in [5.41, 5.74) is 0.313. The fourth-order valence-corrected chi connectivity index (χ4v) is 3.85. The summed E-state index contributed by atoms with van der Waals surface area (Å²) in [5, 5.41) is 0.386. The highest BCUT2D eigenvalue weighted by molar-refractivity contribution is 7.86. The third-order valence-corrected chi connectivity index (χ3v) is 5.57. The molecule has 0 unspecified atom stereocenters. The first-order valence-electron chi connectivity index (χ1n) is 7.34. The molecule has 0 radical (unpaired) electrons. The van der Waals surface area contributed by atoms with Crippen molar-refractivity contribution in [2.45, 2.75) is 9.79 Å². The topological polar surface area (TPSA) is 153 Å². The van der Waals surface area contributed by atoms with Gasteiger partial charge in [0.15, 0.2) is 5.58 Å². The van der Waals surface area contributed by atoms with Crippen LogP contribution in [0.3, 0.4) is 0 Å². The fourth-order valence-electron chi connectivity index (χ4n) is 2.71. The fraction of sp³-hybridized carbons (Fsp3) is 0. The molecule has 9 nitrogen and oxygen atoms in total. The number of oxazole rings is 1. The molecule has 2 aromatic heterocycles. The van der Waals surface area contributed by atoms with Gasteiger partial charge in [-0.1, -0.05) is 6.07 Å². The Balaban J connectivity index is 2.13. The minimum absolute atomic E-state index is 0.0587. The van der Waals surface area contributed by atoms with Crippen LogP contribution >= 0.6 is 0 Å². The van der Waals surface area contributed by atoms with Gasteiger partial charge >= 0.3 is 0 Å². The standard InChI is InChI=1S/C16H10N2O7S2/c19-26(20,21)11-1-2-12-10(7-11)8-13(27(22,23)24)15-14(12)18-16(25-15)9-3-5-17-6-4-9/h1-8H,(H,19,20,21)(H,22,23,24)/p-2. The minimum atomic E-state index is -4.96. The maximum Gasteiger partial charge on any atom is 0.227 e. The van der Waals surface area contributed by atoms with Gasteiger partial charge in [-0.25, -0.2) is 21.8 Å². The van der Waals surface area contributed by atoms with Crippen molar-refractivity contribution >= 4 is 42.1 Å². The van der Waals surface area contributed by atoms with Crippen LogP contribution < -0.4 is 0 Å². The molecule has 2 aromatic carbocycles. The van der Waals surface area contributed by atoms with Crippen LogP contribution in [0.1, 0.15) is 0 Å². The number of hydrogen-bond acceptors (Lipinski definition) is 9. The molecule has 4 aromatic rings.